The van der Waals surface area contributed by atoms with Gasteiger partial charge in [0.15, 0.2) is 0 Å². The fourth-order valence-electron chi connectivity index (χ4n) is 0.851. The topological polar surface area (TPSA) is 87.0 Å². The van der Waals surface area contributed by atoms with Crippen molar-refractivity contribution < 1.29 is 25.0 Å². The highest BCUT2D eigenvalue weighted by Crippen LogP contribution is 1.96. The number of carbonyl (C=O) groups is 1. The van der Waals surface area contributed by atoms with E-state index >= 15 is 0 Å². The van der Waals surface area contributed by atoms with E-state index in [0.29, 0.717) is 0 Å². The molecule has 5 nitrogen and oxygen atoms in total. The van der Waals surface area contributed by atoms with Crippen molar-refractivity contribution in [2.75, 3.05) is 0 Å². The lowest BCUT2D eigenvalue weighted by atomic mass is 9.80. The maximum Gasteiger partial charge on any atom is 0.522 e. The minimum atomic E-state index is -1.44. The Hall–Kier alpha value is -1.37. The van der Waals surface area contributed by atoms with Crippen LogP contribution in [-0.2, 0) is 4.81 Å². The minimum absolute atomic E-state index is 0.105. The van der Waals surface area contributed by atoms with Crippen LogP contribution in [-0.4, -0.2) is 28.5 Å². The summed E-state index contributed by atoms with van der Waals surface area (Å²) in [5.74, 6) is -1.05. The van der Waals surface area contributed by atoms with E-state index in [4.69, 9.17) is 15.4 Å². The van der Waals surface area contributed by atoms with Crippen LogP contribution in [0.4, 0.5) is 0 Å². The van der Waals surface area contributed by atoms with Gasteiger partial charge in [0.25, 0.3) is 0 Å². The average Bonchev–Trinajstić information content (AvgIpc) is 2.17. The van der Waals surface area contributed by atoms with E-state index in [2.05, 4.69) is 4.81 Å². The third-order valence-corrected chi connectivity index (χ3v) is 1.54. The maximum atomic E-state index is 10.4. The van der Waals surface area contributed by atoms with Crippen LogP contribution in [0.3, 0.4) is 0 Å². The van der Waals surface area contributed by atoms with Gasteiger partial charge in [0, 0.05) is 0 Å². The Labute approximate surface area is 74.3 Å². The zero-order valence-electron chi connectivity index (χ0n) is 6.54. The molecule has 0 amide bonds. The largest absolute Gasteiger partial charge is 0.522 e. The Kier molecular flexibility index (Phi) is 3.02. The second-order valence-electron chi connectivity index (χ2n) is 2.38. The summed E-state index contributed by atoms with van der Waals surface area (Å²) >= 11 is 0. The van der Waals surface area contributed by atoms with Gasteiger partial charge in [-0.25, -0.2) is 4.79 Å². The monoisotopic (exact) mass is 182 g/mol. The fraction of sp³-hybridized carbons (Fsp3) is 0. The maximum absolute atomic E-state index is 10.4. The van der Waals surface area contributed by atoms with Gasteiger partial charge in [0.05, 0.1) is 5.56 Å². The Bertz CT molecular complexity index is 296. The number of benzene rings is 1. The van der Waals surface area contributed by atoms with Crippen LogP contribution in [0.15, 0.2) is 24.3 Å². The Morgan fingerprint density at radius 3 is 2.23 bits per heavy atom. The van der Waals surface area contributed by atoms with Gasteiger partial charge in [-0.3, -0.25) is 10.1 Å². The van der Waals surface area contributed by atoms with Gasteiger partial charge < -0.3 is 10.1 Å². The predicted molar refractivity (Wildman–Crippen MR) is 44.7 cm³/mol. The van der Waals surface area contributed by atoms with Crippen LogP contribution in [0, 0.1) is 0 Å². The average molecular weight is 182 g/mol. The molecule has 0 aliphatic carbocycles. The first kappa shape index (κ1) is 9.72. The first-order valence-electron chi connectivity index (χ1n) is 3.46. The quantitative estimate of drug-likeness (QED) is 0.335. The molecule has 1 aromatic carbocycles. The molecule has 0 fully saturated rings. The van der Waals surface area contributed by atoms with Crippen LogP contribution in [0.2, 0.25) is 0 Å². The van der Waals surface area contributed by atoms with E-state index in [-0.39, 0.29) is 11.0 Å². The molecule has 0 radical (unpaired) electrons. The van der Waals surface area contributed by atoms with E-state index < -0.39 is 13.1 Å². The van der Waals surface area contributed by atoms with Gasteiger partial charge >= 0.3 is 13.1 Å². The standard InChI is InChI=1S/C7H7BO5/c9-7(10)5-1-3-6(4-2-5)8(11)13-12/h1-4,11-12H,(H,9,10). The van der Waals surface area contributed by atoms with E-state index in [0.717, 1.165) is 0 Å². The van der Waals surface area contributed by atoms with Gasteiger partial charge in [-0.1, -0.05) is 12.1 Å². The van der Waals surface area contributed by atoms with Crippen molar-refractivity contribution in [3.63, 3.8) is 0 Å². The second kappa shape index (κ2) is 4.04. The molecule has 0 aliphatic heterocycles. The first-order chi connectivity index (χ1) is 6.15. The highest BCUT2D eigenvalue weighted by atomic mass is 17.1. The molecule has 13 heavy (non-hydrogen) atoms. The minimum Gasteiger partial charge on any atom is -0.478 e. The van der Waals surface area contributed by atoms with Gasteiger partial charge in [-0.2, -0.15) is 0 Å². The van der Waals surface area contributed by atoms with Crippen LogP contribution >= 0.6 is 0 Å². The molecule has 0 bridgehead atoms. The predicted octanol–water partition coefficient (Wildman–Crippen LogP) is -0.438. The third kappa shape index (κ3) is 2.28. The summed E-state index contributed by atoms with van der Waals surface area (Å²) in [7, 11) is -1.44. The van der Waals surface area contributed by atoms with Crippen LogP contribution in [0.1, 0.15) is 10.4 Å². The van der Waals surface area contributed by atoms with Crippen molar-refractivity contribution in [2.24, 2.45) is 0 Å². The Morgan fingerprint density at radius 1 is 1.31 bits per heavy atom. The number of carboxylic acids is 1. The molecule has 68 valence electrons. The third-order valence-electron chi connectivity index (χ3n) is 1.54. The van der Waals surface area contributed by atoms with Crippen LogP contribution < -0.4 is 5.46 Å². The lowest BCUT2D eigenvalue weighted by Crippen LogP contribution is -2.32. The van der Waals surface area contributed by atoms with Crippen molar-refractivity contribution in [3.8, 4) is 0 Å². The molecule has 0 spiro atoms. The molecule has 0 unspecified atom stereocenters. The number of hydrogen-bond donors (Lipinski definition) is 3. The molecule has 0 atom stereocenters. The van der Waals surface area contributed by atoms with E-state index in [1.807, 2.05) is 0 Å². The molecule has 0 heterocycles. The summed E-state index contributed by atoms with van der Waals surface area (Å²) in [5, 5.41) is 25.6. The molecule has 0 saturated heterocycles. The zero-order chi connectivity index (χ0) is 9.84. The van der Waals surface area contributed by atoms with E-state index in [1.165, 1.54) is 24.3 Å². The first-order valence-corrected chi connectivity index (χ1v) is 3.46. The molecular weight excluding hydrogens is 175 g/mol. The van der Waals surface area contributed by atoms with Gasteiger partial charge in [-0.15, -0.1) is 0 Å². The summed E-state index contributed by atoms with van der Waals surface area (Å²) in [4.78, 5) is 14.1. The zero-order valence-corrected chi connectivity index (χ0v) is 6.54. The summed E-state index contributed by atoms with van der Waals surface area (Å²) in [6.07, 6.45) is 0. The smallest absolute Gasteiger partial charge is 0.478 e. The van der Waals surface area contributed by atoms with Crippen molar-refractivity contribution in [2.45, 2.75) is 0 Å². The van der Waals surface area contributed by atoms with Crippen molar-refractivity contribution in [3.05, 3.63) is 29.8 Å². The number of aromatic carboxylic acids is 1. The number of carboxylic acid groups (broad SMARTS) is 1. The Balaban J connectivity index is 2.87. The summed E-state index contributed by atoms with van der Waals surface area (Å²) in [6.45, 7) is 0. The van der Waals surface area contributed by atoms with Crippen molar-refractivity contribution in [1.82, 2.24) is 0 Å². The second-order valence-corrected chi connectivity index (χ2v) is 2.38. The van der Waals surface area contributed by atoms with E-state index in [1.54, 1.807) is 0 Å². The highest BCUT2D eigenvalue weighted by Gasteiger charge is 2.16. The molecule has 0 saturated carbocycles. The van der Waals surface area contributed by atoms with Gasteiger partial charge in [-0.05, 0) is 17.6 Å². The molecular formula is C7H7BO5. The summed E-state index contributed by atoms with van der Waals surface area (Å²) < 4.78 is 0. The SMILES string of the molecule is O=C(O)c1ccc(B(O)OO)cc1. The molecule has 6 heteroatoms. The molecule has 1 aromatic rings. The number of hydrogen-bond acceptors (Lipinski definition) is 4. The molecule has 0 aliphatic rings. The van der Waals surface area contributed by atoms with Gasteiger partial charge in [0.1, 0.15) is 0 Å². The van der Waals surface area contributed by atoms with Crippen LogP contribution in [0.25, 0.3) is 0 Å². The lowest BCUT2D eigenvalue weighted by Gasteiger charge is -2.01. The molecule has 3 N–H and O–H groups in total. The fourth-order valence-corrected chi connectivity index (χ4v) is 0.851. The molecule has 0 aromatic heterocycles. The van der Waals surface area contributed by atoms with Crippen molar-refractivity contribution in [1.29, 1.82) is 0 Å². The summed E-state index contributed by atoms with van der Waals surface area (Å²) in [5.41, 5.74) is 0.390. The van der Waals surface area contributed by atoms with E-state index in [9.17, 15) is 4.79 Å². The number of rotatable bonds is 3. The lowest BCUT2D eigenvalue weighted by molar-refractivity contribution is -0.154. The summed E-state index contributed by atoms with van der Waals surface area (Å²) in [6, 6.07) is 5.31. The van der Waals surface area contributed by atoms with Crippen LogP contribution in [0.5, 0.6) is 0 Å². The highest BCUT2D eigenvalue weighted by molar-refractivity contribution is 6.59. The molecule has 1 rings (SSSR count). The Morgan fingerprint density at radius 2 is 1.85 bits per heavy atom. The normalized spacial score (nSPS) is 9.69. The van der Waals surface area contributed by atoms with Gasteiger partial charge in [0.2, 0.25) is 0 Å². The van der Waals surface area contributed by atoms with Crippen molar-refractivity contribution >= 4 is 18.6 Å².